The summed E-state index contributed by atoms with van der Waals surface area (Å²) in [6, 6.07) is 9.13. The largest absolute Gasteiger partial charge is 0.369 e. The molecule has 0 radical (unpaired) electrons. The van der Waals surface area contributed by atoms with Crippen molar-refractivity contribution in [2.45, 2.75) is 25.7 Å². The van der Waals surface area contributed by atoms with E-state index in [0.29, 0.717) is 48.0 Å². The van der Waals surface area contributed by atoms with Gasteiger partial charge in [-0.1, -0.05) is 5.16 Å². The number of carbonyl (C=O) groups excluding carboxylic acids is 1. The van der Waals surface area contributed by atoms with Gasteiger partial charge in [0.1, 0.15) is 4.90 Å². The zero-order valence-electron chi connectivity index (χ0n) is 17.1. The number of Topliss-reactive ketones (excluding diaryl/α,β-unsaturated/α-hetero) is 1. The van der Waals surface area contributed by atoms with Gasteiger partial charge in [0.2, 0.25) is 10.0 Å². The van der Waals surface area contributed by atoms with Crippen molar-refractivity contribution < 1.29 is 17.7 Å². The molecule has 1 aromatic carbocycles. The van der Waals surface area contributed by atoms with Crippen LogP contribution >= 0.6 is 11.3 Å². The Morgan fingerprint density at radius 2 is 1.70 bits per heavy atom. The van der Waals surface area contributed by atoms with Crippen molar-refractivity contribution in [3.8, 4) is 11.3 Å². The van der Waals surface area contributed by atoms with E-state index in [4.69, 9.17) is 4.52 Å². The lowest BCUT2D eigenvalue weighted by Crippen LogP contribution is -2.48. The van der Waals surface area contributed by atoms with Gasteiger partial charge in [-0.25, -0.2) is 8.42 Å². The van der Waals surface area contributed by atoms with Gasteiger partial charge < -0.3 is 9.42 Å². The van der Waals surface area contributed by atoms with Crippen LogP contribution < -0.4 is 4.90 Å². The molecule has 0 unspecified atom stereocenters. The van der Waals surface area contributed by atoms with Crippen LogP contribution in [0.15, 0.2) is 45.9 Å². The van der Waals surface area contributed by atoms with Crippen LogP contribution in [0.3, 0.4) is 0 Å². The van der Waals surface area contributed by atoms with E-state index in [2.05, 4.69) is 10.1 Å². The summed E-state index contributed by atoms with van der Waals surface area (Å²) in [7, 11) is -3.67. The van der Waals surface area contributed by atoms with Gasteiger partial charge in [0.05, 0.1) is 11.8 Å². The van der Waals surface area contributed by atoms with E-state index in [1.54, 1.807) is 17.3 Å². The van der Waals surface area contributed by atoms with E-state index in [1.807, 2.05) is 38.1 Å². The summed E-state index contributed by atoms with van der Waals surface area (Å²) in [6.07, 6.45) is 1.52. The molecule has 0 aliphatic carbocycles. The minimum Gasteiger partial charge on any atom is -0.369 e. The van der Waals surface area contributed by atoms with Crippen molar-refractivity contribution in [1.29, 1.82) is 0 Å². The lowest BCUT2D eigenvalue weighted by atomic mass is 10.1. The number of nitrogens with zero attached hydrogens (tertiary/aromatic N) is 3. The summed E-state index contributed by atoms with van der Waals surface area (Å²) < 4.78 is 33.9. The minimum atomic E-state index is -3.67. The summed E-state index contributed by atoms with van der Waals surface area (Å²) in [4.78, 5) is 15.6. The maximum atomic E-state index is 13.5. The fourth-order valence-corrected chi connectivity index (χ4v) is 7.07. The number of anilines is 1. The molecule has 1 aliphatic rings. The molecule has 158 valence electrons. The van der Waals surface area contributed by atoms with Gasteiger partial charge in [0.15, 0.2) is 11.5 Å². The number of benzene rings is 1. The molecule has 1 saturated heterocycles. The first-order chi connectivity index (χ1) is 14.3. The molecule has 0 spiro atoms. The average Bonchev–Trinajstić information content (AvgIpc) is 3.35. The number of hydrogen-bond donors (Lipinski definition) is 0. The third-order valence-corrected chi connectivity index (χ3v) is 8.59. The monoisotopic (exact) mass is 445 g/mol. The van der Waals surface area contributed by atoms with Gasteiger partial charge in [-0.3, -0.25) is 4.79 Å². The highest BCUT2D eigenvalue weighted by molar-refractivity contribution is 7.89. The van der Waals surface area contributed by atoms with Gasteiger partial charge in [-0.2, -0.15) is 4.31 Å². The normalized spacial score (nSPS) is 15.5. The van der Waals surface area contributed by atoms with E-state index >= 15 is 0 Å². The fraction of sp³-hybridized carbons (Fsp3) is 0.333. The van der Waals surface area contributed by atoms with Crippen molar-refractivity contribution in [1.82, 2.24) is 9.46 Å². The standard InChI is InChI=1S/C21H23N3O4S2/c1-14(25)17-4-6-18(7-5-17)23-10-12-24(13-11-23)30(26,27)21-16(3)29-15(2)20(21)19-8-9-22-28-19/h4-9H,10-13H2,1-3H3. The first kappa shape index (κ1) is 20.8. The number of piperazine rings is 1. The number of thiophene rings is 1. The molecule has 0 bridgehead atoms. The molecular formula is C21H23N3O4S2. The second-order valence-electron chi connectivity index (χ2n) is 7.29. The van der Waals surface area contributed by atoms with Crippen LogP contribution in [-0.2, 0) is 10.0 Å². The number of aryl methyl sites for hydroxylation is 2. The Labute approximate surface area is 180 Å². The third kappa shape index (κ3) is 3.68. The second-order valence-corrected chi connectivity index (χ2v) is 10.6. The van der Waals surface area contributed by atoms with Gasteiger partial charge >= 0.3 is 0 Å². The van der Waals surface area contributed by atoms with Gasteiger partial charge in [-0.05, 0) is 45.0 Å². The summed E-state index contributed by atoms with van der Waals surface area (Å²) in [5.41, 5.74) is 2.27. The first-order valence-electron chi connectivity index (χ1n) is 9.66. The molecule has 4 rings (SSSR count). The average molecular weight is 446 g/mol. The first-order valence-corrected chi connectivity index (χ1v) is 11.9. The summed E-state index contributed by atoms with van der Waals surface area (Å²) in [5.74, 6) is 0.501. The van der Waals surface area contributed by atoms with Crippen molar-refractivity contribution in [2.24, 2.45) is 0 Å². The molecule has 0 atom stereocenters. The van der Waals surface area contributed by atoms with Crippen LogP contribution in [-0.4, -0.2) is 49.8 Å². The SMILES string of the molecule is CC(=O)c1ccc(N2CCN(S(=O)(=O)c3c(C)sc(C)c3-c3ccno3)CC2)cc1. The summed E-state index contributed by atoms with van der Waals surface area (Å²) >= 11 is 1.45. The van der Waals surface area contributed by atoms with E-state index < -0.39 is 10.0 Å². The molecule has 30 heavy (non-hydrogen) atoms. The number of ketones is 1. The molecule has 2 aromatic heterocycles. The predicted octanol–water partition coefficient (Wildman–Crippen LogP) is 3.73. The number of hydrogen-bond acceptors (Lipinski definition) is 7. The van der Waals surface area contributed by atoms with Crippen LogP contribution in [0, 0.1) is 13.8 Å². The van der Waals surface area contributed by atoms with E-state index in [-0.39, 0.29) is 5.78 Å². The molecule has 3 aromatic rings. The third-order valence-electron chi connectivity index (χ3n) is 5.36. The molecule has 0 saturated carbocycles. The van der Waals surface area contributed by atoms with E-state index in [0.717, 1.165) is 15.4 Å². The number of rotatable bonds is 5. The highest BCUT2D eigenvalue weighted by Gasteiger charge is 2.34. The lowest BCUT2D eigenvalue weighted by Gasteiger charge is -2.35. The Morgan fingerprint density at radius 3 is 2.27 bits per heavy atom. The lowest BCUT2D eigenvalue weighted by molar-refractivity contribution is 0.101. The maximum absolute atomic E-state index is 13.5. The Bertz CT molecular complexity index is 1160. The van der Waals surface area contributed by atoms with Crippen LogP contribution in [0.5, 0.6) is 0 Å². The van der Waals surface area contributed by atoms with Crippen molar-refractivity contribution in [3.05, 3.63) is 51.8 Å². The van der Waals surface area contributed by atoms with Crippen molar-refractivity contribution in [3.63, 3.8) is 0 Å². The van der Waals surface area contributed by atoms with Gasteiger partial charge in [0, 0.05) is 53.3 Å². The Kier molecular flexibility index (Phi) is 5.52. The molecule has 7 nitrogen and oxygen atoms in total. The van der Waals surface area contributed by atoms with Gasteiger partial charge in [-0.15, -0.1) is 11.3 Å². The van der Waals surface area contributed by atoms with Gasteiger partial charge in [0.25, 0.3) is 0 Å². The highest BCUT2D eigenvalue weighted by Crippen LogP contribution is 2.40. The zero-order chi connectivity index (χ0) is 21.5. The second kappa shape index (κ2) is 7.98. The summed E-state index contributed by atoms with van der Waals surface area (Å²) in [6.45, 7) is 7.22. The van der Waals surface area contributed by atoms with E-state index in [9.17, 15) is 13.2 Å². The minimum absolute atomic E-state index is 0.0291. The Balaban J connectivity index is 1.56. The van der Waals surface area contributed by atoms with Crippen LogP contribution in [0.1, 0.15) is 27.0 Å². The predicted molar refractivity (Wildman–Crippen MR) is 117 cm³/mol. The topological polar surface area (TPSA) is 83.7 Å². The Hall–Kier alpha value is -2.49. The number of carbonyl (C=O) groups is 1. The molecule has 0 amide bonds. The van der Waals surface area contributed by atoms with Crippen molar-refractivity contribution in [2.75, 3.05) is 31.1 Å². The maximum Gasteiger partial charge on any atom is 0.245 e. The molecular weight excluding hydrogens is 422 g/mol. The number of aromatic nitrogens is 1. The molecule has 0 N–H and O–H groups in total. The zero-order valence-corrected chi connectivity index (χ0v) is 18.7. The van der Waals surface area contributed by atoms with Crippen LogP contribution in [0.25, 0.3) is 11.3 Å². The van der Waals surface area contributed by atoms with E-state index in [1.165, 1.54) is 17.5 Å². The molecule has 1 fully saturated rings. The number of sulfonamides is 1. The smallest absolute Gasteiger partial charge is 0.245 e. The van der Waals surface area contributed by atoms with Crippen molar-refractivity contribution >= 4 is 32.8 Å². The quantitative estimate of drug-likeness (QED) is 0.557. The molecule has 9 heteroatoms. The molecule has 1 aliphatic heterocycles. The van der Waals surface area contributed by atoms with Crippen LogP contribution in [0.2, 0.25) is 0 Å². The molecule has 3 heterocycles. The fourth-order valence-electron chi connectivity index (χ4n) is 3.83. The summed E-state index contributed by atoms with van der Waals surface area (Å²) in [5, 5.41) is 3.74. The highest BCUT2D eigenvalue weighted by atomic mass is 32.2. The van der Waals surface area contributed by atoms with Crippen LogP contribution in [0.4, 0.5) is 5.69 Å². The Morgan fingerprint density at radius 1 is 1.03 bits per heavy atom.